The van der Waals surface area contributed by atoms with Crippen molar-refractivity contribution >= 4 is 11.9 Å². The van der Waals surface area contributed by atoms with Crippen molar-refractivity contribution in [1.29, 1.82) is 0 Å². The lowest BCUT2D eigenvalue weighted by Crippen LogP contribution is -2.31. The number of rotatable bonds is 18. The van der Waals surface area contributed by atoms with Gasteiger partial charge in [-0.1, -0.05) is 94.3 Å². The van der Waals surface area contributed by atoms with E-state index in [1.807, 2.05) is 0 Å². The lowest BCUT2D eigenvalue weighted by molar-refractivity contribution is -0.146. The summed E-state index contributed by atoms with van der Waals surface area (Å²) in [5, 5.41) is 18.4. The molecule has 0 aromatic heterocycles. The lowest BCUT2D eigenvalue weighted by atomic mass is 9.74. The lowest BCUT2D eigenvalue weighted by Gasteiger charge is -2.33. The molecule has 2 aliphatic rings. The van der Waals surface area contributed by atoms with Crippen LogP contribution in [0.5, 0.6) is 0 Å². The minimum absolute atomic E-state index is 0.00193. The smallest absolute Gasteiger partial charge is 0.335 e. The Morgan fingerprint density at radius 3 is 1.58 bits per heavy atom. The molecule has 48 heavy (non-hydrogen) atoms. The van der Waals surface area contributed by atoms with Crippen LogP contribution < -0.4 is 0 Å². The summed E-state index contributed by atoms with van der Waals surface area (Å²) in [4.78, 5) is 24.2. The average Bonchev–Trinajstić information content (AvgIpc) is 3.14. The van der Waals surface area contributed by atoms with Crippen molar-refractivity contribution in [1.82, 2.24) is 0 Å². The maximum Gasteiger partial charge on any atom is 0.335 e. The largest absolute Gasteiger partial charge is 0.462 e. The van der Waals surface area contributed by atoms with Crippen molar-refractivity contribution in [3.8, 4) is 0 Å². The fourth-order valence-electron chi connectivity index (χ4n) is 7.59. The Kier molecular flexibility index (Phi) is 15.4. The second-order valence-electron chi connectivity index (χ2n) is 14.3. The summed E-state index contributed by atoms with van der Waals surface area (Å²) in [6, 6.07) is 18.9. The summed E-state index contributed by atoms with van der Waals surface area (Å²) in [5.74, 6) is 0.790. The zero-order valence-corrected chi connectivity index (χ0v) is 29.2. The van der Waals surface area contributed by atoms with Gasteiger partial charge in [0.1, 0.15) is 0 Å². The van der Waals surface area contributed by atoms with Gasteiger partial charge in [-0.25, -0.2) is 9.59 Å². The summed E-state index contributed by atoms with van der Waals surface area (Å²) >= 11 is 0. The van der Waals surface area contributed by atoms with Crippen LogP contribution in [0.4, 0.5) is 0 Å². The summed E-state index contributed by atoms with van der Waals surface area (Å²) < 4.78 is 10.8. The average molecular weight is 659 g/mol. The summed E-state index contributed by atoms with van der Waals surface area (Å²) in [5.41, 5.74) is 5.89. The fourth-order valence-corrected chi connectivity index (χ4v) is 7.59. The second-order valence-corrected chi connectivity index (χ2v) is 14.3. The minimum Gasteiger partial charge on any atom is -0.462 e. The summed E-state index contributed by atoms with van der Waals surface area (Å²) in [7, 11) is 0. The van der Waals surface area contributed by atoms with E-state index in [0.29, 0.717) is 17.8 Å². The maximum atomic E-state index is 12.1. The molecule has 6 nitrogen and oxygen atoms in total. The number of aliphatic hydroxyl groups excluding tert-OH is 2. The molecule has 0 spiro atoms. The van der Waals surface area contributed by atoms with Crippen molar-refractivity contribution in [3.05, 3.63) is 95.1 Å². The molecular weight excluding hydrogens is 600 g/mol. The minimum atomic E-state index is -0.639. The van der Waals surface area contributed by atoms with E-state index in [1.54, 1.807) is 0 Å². The quantitative estimate of drug-likeness (QED) is 0.0950. The van der Waals surface area contributed by atoms with Gasteiger partial charge >= 0.3 is 11.9 Å². The first-order valence-electron chi connectivity index (χ1n) is 18.4. The molecule has 0 amide bonds. The van der Waals surface area contributed by atoms with Crippen molar-refractivity contribution in [3.63, 3.8) is 0 Å². The van der Waals surface area contributed by atoms with Crippen molar-refractivity contribution < 1.29 is 29.3 Å². The molecule has 2 N–H and O–H groups in total. The molecule has 0 atom stereocenters. The molecule has 0 bridgehead atoms. The van der Waals surface area contributed by atoms with Crippen LogP contribution in [-0.4, -0.2) is 48.6 Å². The molecule has 0 heterocycles. The summed E-state index contributed by atoms with van der Waals surface area (Å²) in [6.07, 6.45) is 16.5. The molecular formula is C42H58O6. The molecule has 2 aliphatic carbocycles. The number of ether oxygens (including phenoxy) is 2. The number of carbonyl (C=O) groups excluding carboxylic acids is 2. The molecule has 0 saturated heterocycles. The third kappa shape index (κ3) is 11.4. The van der Waals surface area contributed by atoms with Gasteiger partial charge in [-0.3, -0.25) is 0 Å². The van der Waals surface area contributed by atoms with Crippen molar-refractivity contribution in [2.75, 3.05) is 26.4 Å². The Hall–Kier alpha value is -3.22. The van der Waals surface area contributed by atoms with E-state index in [2.05, 4.69) is 68.6 Å². The molecule has 2 aromatic rings. The van der Waals surface area contributed by atoms with Crippen LogP contribution in [0.25, 0.3) is 0 Å². The Balaban J connectivity index is 1.19. The maximum absolute atomic E-state index is 12.1. The van der Waals surface area contributed by atoms with Crippen LogP contribution >= 0.6 is 0 Å². The molecule has 0 aliphatic heterocycles. The second kappa shape index (κ2) is 19.7. The van der Waals surface area contributed by atoms with Crippen LogP contribution in [0.3, 0.4) is 0 Å². The number of aryl methyl sites for hydroxylation is 2. The van der Waals surface area contributed by atoms with Crippen LogP contribution in [0.1, 0.15) is 118 Å². The molecule has 0 unspecified atom stereocenters. The van der Waals surface area contributed by atoms with E-state index in [0.717, 1.165) is 38.5 Å². The molecule has 2 aromatic carbocycles. The topological polar surface area (TPSA) is 93.1 Å². The Bertz CT molecular complexity index is 1260. The van der Waals surface area contributed by atoms with Crippen molar-refractivity contribution in [2.45, 2.75) is 109 Å². The zero-order valence-electron chi connectivity index (χ0n) is 29.2. The molecule has 4 rings (SSSR count). The number of carbonyl (C=O) groups is 2. The van der Waals surface area contributed by atoms with E-state index in [9.17, 15) is 19.8 Å². The normalized spacial score (nSPS) is 21.1. The number of unbranched alkanes of at least 4 members (excludes halogenated alkanes) is 2. The highest BCUT2D eigenvalue weighted by atomic mass is 16.5. The van der Waals surface area contributed by atoms with Crippen molar-refractivity contribution in [2.24, 2.45) is 17.8 Å². The zero-order chi connectivity index (χ0) is 34.3. The number of hydrogen-bond acceptors (Lipinski definition) is 6. The highest BCUT2D eigenvalue weighted by Gasteiger charge is 2.30. The monoisotopic (exact) mass is 658 g/mol. The first kappa shape index (κ1) is 37.6. The van der Waals surface area contributed by atoms with E-state index in [4.69, 9.17) is 9.47 Å². The standard InChI is InChI=1S/C42H58O6/c1-4-5-6-7-32-10-16-35(17-11-32)37-22-24-38(25-23-37)36-18-12-33(13-19-36)8-9-34-14-20-39(21-15-34)40(28-47-41(45)30(2)26-43)29-48-42(46)31(3)27-44/h10-13,16-19,34,37-40,43-44H,2-9,14-15,20-29H2,1H3. The van der Waals surface area contributed by atoms with Gasteiger partial charge in [0, 0.05) is 5.92 Å². The Morgan fingerprint density at radius 1 is 0.688 bits per heavy atom. The Morgan fingerprint density at radius 2 is 1.15 bits per heavy atom. The summed E-state index contributed by atoms with van der Waals surface area (Å²) in [6.45, 7) is 8.58. The first-order chi connectivity index (χ1) is 23.3. The number of hydrogen-bond donors (Lipinski definition) is 2. The van der Waals surface area contributed by atoms with Gasteiger partial charge in [-0.2, -0.15) is 0 Å². The first-order valence-corrected chi connectivity index (χ1v) is 18.4. The number of esters is 2. The van der Waals surface area contributed by atoms with E-state index in [1.165, 1.54) is 73.6 Å². The molecule has 0 radical (unpaired) electrons. The van der Waals surface area contributed by atoms with Crippen LogP contribution in [0.2, 0.25) is 0 Å². The van der Waals surface area contributed by atoms with Crippen LogP contribution in [0.15, 0.2) is 72.8 Å². The van der Waals surface area contributed by atoms with Gasteiger partial charge in [-0.15, -0.1) is 0 Å². The predicted octanol–water partition coefficient (Wildman–Crippen LogP) is 8.40. The number of aliphatic hydroxyl groups is 2. The molecule has 6 heteroatoms. The highest BCUT2D eigenvalue weighted by Crippen LogP contribution is 2.41. The SMILES string of the molecule is C=C(CO)C(=O)OCC(COC(=O)C(=C)CO)C1CCC(CCc2ccc(C3CCC(c4ccc(CCCCC)cc4)CC3)cc2)CC1. The van der Waals surface area contributed by atoms with Gasteiger partial charge in [-0.05, 0) is 110 Å². The third-order valence-electron chi connectivity index (χ3n) is 10.9. The molecule has 262 valence electrons. The fraction of sp³-hybridized carbons (Fsp3) is 0.571. The van der Waals surface area contributed by atoms with E-state index < -0.39 is 25.2 Å². The van der Waals surface area contributed by atoms with Gasteiger partial charge in [0.25, 0.3) is 0 Å². The van der Waals surface area contributed by atoms with Crippen LogP contribution in [0, 0.1) is 17.8 Å². The highest BCUT2D eigenvalue weighted by molar-refractivity contribution is 5.88. The van der Waals surface area contributed by atoms with Gasteiger partial charge in [0.05, 0.1) is 37.6 Å². The van der Waals surface area contributed by atoms with Gasteiger partial charge < -0.3 is 19.7 Å². The third-order valence-corrected chi connectivity index (χ3v) is 10.9. The number of benzene rings is 2. The molecule has 2 saturated carbocycles. The molecule has 2 fully saturated rings. The van der Waals surface area contributed by atoms with Gasteiger partial charge in [0.2, 0.25) is 0 Å². The van der Waals surface area contributed by atoms with E-state index >= 15 is 0 Å². The van der Waals surface area contributed by atoms with Gasteiger partial charge in [0.15, 0.2) is 0 Å². The van der Waals surface area contributed by atoms with E-state index in [-0.39, 0.29) is 36.2 Å². The van der Waals surface area contributed by atoms with Crippen LogP contribution in [-0.2, 0) is 31.9 Å². The predicted molar refractivity (Wildman–Crippen MR) is 192 cm³/mol. The Labute approximate surface area is 288 Å².